The number of anilines is 2. The molecular formula is C15H14F2N2. The second kappa shape index (κ2) is 4.53. The lowest BCUT2D eigenvalue weighted by atomic mass is 10.1. The summed E-state index contributed by atoms with van der Waals surface area (Å²) in [6.07, 6.45) is 1.87. The van der Waals surface area contributed by atoms with Crippen LogP contribution in [0.3, 0.4) is 0 Å². The van der Waals surface area contributed by atoms with Gasteiger partial charge in [0.1, 0.15) is 0 Å². The third-order valence-corrected chi connectivity index (χ3v) is 3.51. The minimum Gasteiger partial charge on any atom is -0.399 e. The first-order valence-corrected chi connectivity index (χ1v) is 6.23. The van der Waals surface area contributed by atoms with E-state index in [0.717, 1.165) is 24.6 Å². The summed E-state index contributed by atoms with van der Waals surface area (Å²) >= 11 is 0. The molecule has 1 unspecified atom stereocenters. The predicted molar refractivity (Wildman–Crippen MR) is 71.9 cm³/mol. The Morgan fingerprint density at radius 3 is 2.68 bits per heavy atom. The lowest BCUT2D eigenvalue weighted by Crippen LogP contribution is -2.07. The molecule has 0 bridgehead atoms. The van der Waals surface area contributed by atoms with Crippen molar-refractivity contribution in [2.75, 3.05) is 11.1 Å². The number of aryl methyl sites for hydroxylation is 1. The molecule has 3 N–H and O–H groups in total. The standard InChI is InChI=1S/C15H14F2N2/c16-13-5-3-11(8-14(13)17)19-15-6-1-9-7-10(18)2-4-12(9)15/h2-5,7-8,15,19H,1,6,18H2. The van der Waals surface area contributed by atoms with Crippen LogP contribution in [-0.2, 0) is 6.42 Å². The van der Waals surface area contributed by atoms with E-state index in [1.807, 2.05) is 18.2 Å². The van der Waals surface area contributed by atoms with Crippen molar-refractivity contribution < 1.29 is 8.78 Å². The molecule has 98 valence electrons. The van der Waals surface area contributed by atoms with E-state index in [1.165, 1.54) is 17.2 Å². The maximum absolute atomic E-state index is 13.2. The van der Waals surface area contributed by atoms with Gasteiger partial charge in [-0.2, -0.15) is 0 Å². The number of rotatable bonds is 2. The van der Waals surface area contributed by atoms with Gasteiger partial charge in [-0.1, -0.05) is 6.07 Å². The fourth-order valence-corrected chi connectivity index (χ4v) is 2.57. The largest absolute Gasteiger partial charge is 0.399 e. The molecule has 2 nitrogen and oxygen atoms in total. The van der Waals surface area contributed by atoms with Crippen LogP contribution in [0.4, 0.5) is 20.2 Å². The number of hydrogen-bond donors (Lipinski definition) is 2. The number of nitrogen functional groups attached to an aromatic ring is 1. The maximum atomic E-state index is 13.2. The first-order chi connectivity index (χ1) is 9.13. The van der Waals surface area contributed by atoms with Crippen LogP contribution in [0.25, 0.3) is 0 Å². The highest BCUT2D eigenvalue weighted by Crippen LogP contribution is 2.35. The molecule has 2 aromatic carbocycles. The summed E-state index contributed by atoms with van der Waals surface area (Å²) in [5, 5.41) is 3.24. The van der Waals surface area contributed by atoms with E-state index in [2.05, 4.69) is 5.32 Å². The zero-order chi connectivity index (χ0) is 13.4. The number of hydrogen-bond acceptors (Lipinski definition) is 2. The SMILES string of the molecule is Nc1ccc2c(c1)CCC2Nc1ccc(F)c(F)c1. The Kier molecular flexibility index (Phi) is 2.85. The van der Waals surface area contributed by atoms with E-state index in [1.54, 1.807) is 6.07 Å². The summed E-state index contributed by atoms with van der Waals surface area (Å²) < 4.78 is 26.0. The fraction of sp³-hybridized carbons (Fsp3) is 0.200. The second-order valence-corrected chi connectivity index (χ2v) is 4.82. The summed E-state index contributed by atoms with van der Waals surface area (Å²) in [5.41, 5.74) is 9.50. The first-order valence-electron chi connectivity index (χ1n) is 6.23. The minimum absolute atomic E-state index is 0.125. The summed E-state index contributed by atoms with van der Waals surface area (Å²) in [6, 6.07) is 9.83. The third kappa shape index (κ3) is 2.26. The van der Waals surface area contributed by atoms with Crippen LogP contribution in [0.1, 0.15) is 23.6 Å². The lowest BCUT2D eigenvalue weighted by Gasteiger charge is -2.15. The number of fused-ring (bicyclic) bond motifs is 1. The molecule has 0 spiro atoms. The van der Waals surface area contributed by atoms with Gasteiger partial charge in [-0.05, 0) is 48.2 Å². The first kappa shape index (κ1) is 12.0. The summed E-state index contributed by atoms with van der Waals surface area (Å²) in [6.45, 7) is 0. The molecule has 0 aromatic heterocycles. The Bertz CT molecular complexity index is 626. The van der Waals surface area contributed by atoms with Gasteiger partial charge >= 0.3 is 0 Å². The van der Waals surface area contributed by atoms with Crippen molar-refractivity contribution in [1.82, 2.24) is 0 Å². The van der Waals surface area contributed by atoms with E-state index < -0.39 is 11.6 Å². The van der Waals surface area contributed by atoms with Crippen LogP contribution in [0, 0.1) is 11.6 Å². The normalized spacial score (nSPS) is 17.3. The molecular weight excluding hydrogens is 246 g/mol. The van der Waals surface area contributed by atoms with Gasteiger partial charge in [0.2, 0.25) is 0 Å². The molecule has 1 aliphatic carbocycles. The van der Waals surface area contributed by atoms with E-state index in [-0.39, 0.29) is 6.04 Å². The van der Waals surface area contributed by atoms with Crippen LogP contribution in [0.2, 0.25) is 0 Å². The average Bonchev–Trinajstić information content (AvgIpc) is 2.76. The molecule has 3 rings (SSSR count). The Hall–Kier alpha value is -2.10. The van der Waals surface area contributed by atoms with E-state index in [0.29, 0.717) is 5.69 Å². The highest BCUT2D eigenvalue weighted by molar-refractivity contribution is 5.52. The van der Waals surface area contributed by atoms with Gasteiger partial charge in [0, 0.05) is 17.4 Å². The van der Waals surface area contributed by atoms with Crippen LogP contribution in [0.5, 0.6) is 0 Å². The van der Waals surface area contributed by atoms with Crippen molar-refractivity contribution in [2.24, 2.45) is 0 Å². The number of nitrogens with one attached hydrogen (secondary N) is 1. The van der Waals surface area contributed by atoms with Gasteiger partial charge in [-0.3, -0.25) is 0 Å². The molecule has 0 saturated carbocycles. The molecule has 1 aliphatic rings. The van der Waals surface area contributed by atoms with Gasteiger partial charge in [0.05, 0.1) is 6.04 Å². The highest BCUT2D eigenvalue weighted by Gasteiger charge is 2.22. The zero-order valence-corrected chi connectivity index (χ0v) is 10.3. The molecule has 0 saturated heterocycles. The third-order valence-electron chi connectivity index (χ3n) is 3.51. The fourth-order valence-electron chi connectivity index (χ4n) is 2.57. The maximum Gasteiger partial charge on any atom is 0.160 e. The molecule has 4 heteroatoms. The van der Waals surface area contributed by atoms with Crippen molar-refractivity contribution in [2.45, 2.75) is 18.9 Å². The zero-order valence-electron chi connectivity index (χ0n) is 10.3. The molecule has 0 amide bonds. The lowest BCUT2D eigenvalue weighted by molar-refractivity contribution is 0.509. The molecule has 0 radical (unpaired) electrons. The molecule has 0 fully saturated rings. The molecule has 1 atom stereocenters. The quantitative estimate of drug-likeness (QED) is 0.809. The van der Waals surface area contributed by atoms with Gasteiger partial charge in [0.15, 0.2) is 11.6 Å². The van der Waals surface area contributed by atoms with Crippen molar-refractivity contribution in [3.05, 3.63) is 59.2 Å². The Morgan fingerprint density at radius 1 is 1.05 bits per heavy atom. The van der Waals surface area contributed by atoms with Crippen LogP contribution >= 0.6 is 0 Å². The summed E-state index contributed by atoms with van der Waals surface area (Å²) in [5.74, 6) is -1.66. The van der Waals surface area contributed by atoms with Gasteiger partial charge in [0.25, 0.3) is 0 Å². The van der Waals surface area contributed by atoms with Crippen molar-refractivity contribution in [3.63, 3.8) is 0 Å². The Balaban J connectivity index is 1.84. The number of benzene rings is 2. The van der Waals surface area contributed by atoms with Crippen LogP contribution in [-0.4, -0.2) is 0 Å². The van der Waals surface area contributed by atoms with Crippen LogP contribution in [0.15, 0.2) is 36.4 Å². The smallest absolute Gasteiger partial charge is 0.160 e. The Morgan fingerprint density at radius 2 is 1.89 bits per heavy atom. The average molecular weight is 260 g/mol. The predicted octanol–water partition coefficient (Wildman–Crippen LogP) is 3.65. The summed E-state index contributed by atoms with van der Waals surface area (Å²) in [4.78, 5) is 0. The number of halogens is 2. The molecule has 2 aromatic rings. The van der Waals surface area contributed by atoms with Crippen molar-refractivity contribution in [3.8, 4) is 0 Å². The second-order valence-electron chi connectivity index (χ2n) is 4.82. The van der Waals surface area contributed by atoms with E-state index in [9.17, 15) is 8.78 Å². The monoisotopic (exact) mass is 260 g/mol. The van der Waals surface area contributed by atoms with Crippen molar-refractivity contribution in [1.29, 1.82) is 0 Å². The van der Waals surface area contributed by atoms with Crippen LogP contribution < -0.4 is 11.1 Å². The van der Waals surface area contributed by atoms with Gasteiger partial charge in [-0.15, -0.1) is 0 Å². The van der Waals surface area contributed by atoms with Gasteiger partial charge in [-0.25, -0.2) is 8.78 Å². The van der Waals surface area contributed by atoms with Crippen molar-refractivity contribution >= 4 is 11.4 Å². The Labute approximate surface area is 110 Å². The summed E-state index contributed by atoms with van der Waals surface area (Å²) in [7, 11) is 0. The molecule has 0 aliphatic heterocycles. The number of nitrogens with two attached hydrogens (primary N) is 1. The highest BCUT2D eigenvalue weighted by atomic mass is 19.2. The minimum atomic E-state index is -0.833. The van der Waals surface area contributed by atoms with Gasteiger partial charge < -0.3 is 11.1 Å². The molecule has 19 heavy (non-hydrogen) atoms. The molecule has 0 heterocycles. The van der Waals surface area contributed by atoms with E-state index in [4.69, 9.17) is 5.73 Å². The van der Waals surface area contributed by atoms with E-state index >= 15 is 0 Å². The topological polar surface area (TPSA) is 38.0 Å².